The molecule has 8 heteroatoms. The summed E-state index contributed by atoms with van der Waals surface area (Å²) in [4.78, 5) is 41.4. The Morgan fingerprint density at radius 3 is 2.32 bits per heavy atom. The molecule has 3 amide bonds. The molecule has 0 saturated heterocycles. The summed E-state index contributed by atoms with van der Waals surface area (Å²) >= 11 is 5.63. The van der Waals surface area contributed by atoms with Gasteiger partial charge in [0.25, 0.3) is 0 Å². The SMILES string of the molecule is CC(C)C[C@H](NC(=O)CCl)C(=O)N[C@H](Cc1c[nH]c2ccccc12)C(=O)NCc1ccccc1. The molecule has 3 aromatic rings. The molecular weight excluding hydrogens is 452 g/mol. The van der Waals surface area contributed by atoms with E-state index >= 15 is 0 Å². The van der Waals surface area contributed by atoms with E-state index in [0.717, 1.165) is 22.0 Å². The van der Waals surface area contributed by atoms with Crippen molar-refractivity contribution in [1.29, 1.82) is 0 Å². The van der Waals surface area contributed by atoms with Crippen LogP contribution in [0.4, 0.5) is 0 Å². The highest BCUT2D eigenvalue weighted by Gasteiger charge is 2.28. The van der Waals surface area contributed by atoms with E-state index in [1.54, 1.807) is 0 Å². The lowest BCUT2D eigenvalue weighted by molar-refractivity contribution is -0.132. The molecule has 0 aliphatic rings. The lowest BCUT2D eigenvalue weighted by Crippen LogP contribution is -2.54. The fourth-order valence-corrected chi connectivity index (χ4v) is 3.92. The van der Waals surface area contributed by atoms with Crippen molar-refractivity contribution in [3.63, 3.8) is 0 Å². The molecule has 3 rings (SSSR count). The predicted molar refractivity (Wildman–Crippen MR) is 134 cm³/mol. The van der Waals surface area contributed by atoms with Gasteiger partial charge in [0.1, 0.15) is 18.0 Å². The molecule has 180 valence electrons. The second-order valence-electron chi connectivity index (χ2n) is 8.71. The molecule has 4 N–H and O–H groups in total. The molecule has 34 heavy (non-hydrogen) atoms. The highest BCUT2D eigenvalue weighted by atomic mass is 35.5. The quantitative estimate of drug-likeness (QED) is 0.315. The first-order valence-corrected chi connectivity index (χ1v) is 11.9. The van der Waals surface area contributed by atoms with Crippen molar-refractivity contribution >= 4 is 40.2 Å². The highest BCUT2D eigenvalue weighted by molar-refractivity contribution is 6.27. The molecule has 0 unspecified atom stereocenters. The van der Waals surface area contributed by atoms with Gasteiger partial charge in [-0.1, -0.05) is 62.4 Å². The van der Waals surface area contributed by atoms with E-state index in [9.17, 15) is 14.4 Å². The second kappa shape index (κ2) is 12.2. The van der Waals surface area contributed by atoms with Gasteiger partial charge in [0.05, 0.1) is 0 Å². The summed E-state index contributed by atoms with van der Waals surface area (Å²) in [7, 11) is 0. The number of alkyl halides is 1. The number of carbonyl (C=O) groups is 3. The van der Waals surface area contributed by atoms with Gasteiger partial charge in [-0.25, -0.2) is 0 Å². The van der Waals surface area contributed by atoms with E-state index in [0.29, 0.717) is 19.4 Å². The number of aromatic amines is 1. The fourth-order valence-electron chi connectivity index (χ4n) is 3.85. The smallest absolute Gasteiger partial charge is 0.243 e. The van der Waals surface area contributed by atoms with Crippen molar-refractivity contribution in [3.8, 4) is 0 Å². The molecule has 1 heterocycles. The maximum Gasteiger partial charge on any atom is 0.243 e. The van der Waals surface area contributed by atoms with Crippen LogP contribution in [0.1, 0.15) is 31.4 Å². The number of aromatic nitrogens is 1. The standard InChI is InChI=1S/C26H31ClN4O3/c1-17(2)12-22(30-24(32)14-27)26(34)31-23(25(33)29-15-18-8-4-3-5-9-18)13-19-16-28-21-11-7-6-10-20(19)21/h3-11,16-17,22-23,28H,12-15H2,1-2H3,(H,29,33)(H,30,32)(H,31,34)/t22-,23+/m0/s1. The van der Waals surface area contributed by atoms with Crippen LogP contribution in [0.5, 0.6) is 0 Å². The zero-order valence-corrected chi connectivity index (χ0v) is 20.2. The third-order valence-electron chi connectivity index (χ3n) is 5.52. The van der Waals surface area contributed by atoms with Gasteiger partial charge in [0.15, 0.2) is 0 Å². The summed E-state index contributed by atoms with van der Waals surface area (Å²) in [5, 5.41) is 9.45. The molecule has 1 aromatic heterocycles. The second-order valence-corrected chi connectivity index (χ2v) is 8.98. The Bertz CT molecular complexity index is 1110. The van der Waals surface area contributed by atoms with E-state index < -0.39 is 23.9 Å². The predicted octanol–water partition coefficient (Wildman–Crippen LogP) is 3.28. The minimum Gasteiger partial charge on any atom is -0.361 e. The van der Waals surface area contributed by atoms with E-state index in [1.807, 2.05) is 74.6 Å². The third kappa shape index (κ3) is 7.09. The van der Waals surface area contributed by atoms with E-state index in [4.69, 9.17) is 11.6 Å². The van der Waals surface area contributed by atoms with Crippen LogP contribution in [0.15, 0.2) is 60.8 Å². The van der Waals surface area contributed by atoms with Crippen molar-refractivity contribution in [2.45, 2.75) is 45.3 Å². The van der Waals surface area contributed by atoms with Crippen molar-refractivity contribution in [2.24, 2.45) is 5.92 Å². The molecule has 2 aromatic carbocycles. The van der Waals surface area contributed by atoms with Crippen LogP contribution in [0.2, 0.25) is 0 Å². The van der Waals surface area contributed by atoms with Crippen molar-refractivity contribution in [2.75, 3.05) is 5.88 Å². The van der Waals surface area contributed by atoms with Crippen LogP contribution >= 0.6 is 11.6 Å². The monoisotopic (exact) mass is 482 g/mol. The lowest BCUT2D eigenvalue weighted by atomic mass is 10.0. The summed E-state index contributed by atoms with van der Waals surface area (Å²) in [6, 6.07) is 15.8. The average molecular weight is 483 g/mol. The maximum absolute atomic E-state index is 13.2. The number of H-pyrrole nitrogens is 1. The largest absolute Gasteiger partial charge is 0.361 e. The van der Waals surface area contributed by atoms with Gasteiger partial charge < -0.3 is 20.9 Å². The van der Waals surface area contributed by atoms with Crippen LogP contribution in [0.25, 0.3) is 10.9 Å². The number of nitrogens with one attached hydrogen (secondary N) is 4. The third-order valence-corrected chi connectivity index (χ3v) is 5.76. The molecule has 7 nitrogen and oxygen atoms in total. The average Bonchev–Trinajstić information content (AvgIpc) is 3.24. The van der Waals surface area contributed by atoms with Crippen molar-refractivity contribution < 1.29 is 14.4 Å². The van der Waals surface area contributed by atoms with Gasteiger partial charge in [-0.2, -0.15) is 0 Å². The lowest BCUT2D eigenvalue weighted by Gasteiger charge is -2.24. The van der Waals surface area contributed by atoms with Gasteiger partial charge in [-0.3, -0.25) is 14.4 Å². The number of hydrogen-bond donors (Lipinski definition) is 4. The van der Waals surface area contributed by atoms with Crippen LogP contribution in [-0.2, 0) is 27.3 Å². The first kappa shape index (κ1) is 25.3. The molecule has 2 atom stereocenters. The zero-order chi connectivity index (χ0) is 24.5. The number of para-hydroxylation sites is 1. The van der Waals surface area contributed by atoms with E-state index in [1.165, 1.54) is 0 Å². The summed E-state index contributed by atoms with van der Waals surface area (Å²) in [5.74, 6) is -1.21. The molecule has 0 saturated carbocycles. The Balaban J connectivity index is 1.79. The van der Waals surface area contributed by atoms with Crippen molar-refractivity contribution in [3.05, 3.63) is 71.9 Å². The minimum absolute atomic E-state index is 0.158. The van der Waals surface area contributed by atoms with Gasteiger partial charge in [-0.05, 0) is 29.5 Å². The number of hydrogen-bond acceptors (Lipinski definition) is 3. The molecular formula is C26H31ClN4O3. The summed E-state index contributed by atoms with van der Waals surface area (Å²) < 4.78 is 0. The first-order valence-electron chi connectivity index (χ1n) is 11.4. The number of benzene rings is 2. The maximum atomic E-state index is 13.2. The molecule has 0 fully saturated rings. The van der Waals surface area contributed by atoms with Gasteiger partial charge in [0.2, 0.25) is 17.7 Å². The van der Waals surface area contributed by atoms with Crippen LogP contribution < -0.4 is 16.0 Å². The summed E-state index contributed by atoms with van der Waals surface area (Å²) in [5.41, 5.74) is 2.83. The van der Waals surface area contributed by atoms with Crippen LogP contribution in [0.3, 0.4) is 0 Å². The Morgan fingerprint density at radius 2 is 1.62 bits per heavy atom. The Hall–Kier alpha value is -3.32. The Morgan fingerprint density at radius 1 is 0.912 bits per heavy atom. The van der Waals surface area contributed by atoms with Gasteiger partial charge in [-0.15, -0.1) is 11.6 Å². The Kier molecular flexibility index (Phi) is 9.10. The molecule has 0 radical (unpaired) electrons. The Labute approximate surface area is 204 Å². The normalized spacial score (nSPS) is 12.8. The topological polar surface area (TPSA) is 103 Å². The fraction of sp³-hybridized carbons (Fsp3) is 0.346. The summed E-state index contributed by atoms with van der Waals surface area (Å²) in [6.45, 7) is 4.27. The number of amides is 3. The molecule has 0 aliphatic carbocycles. The van der Waals surface area contributed by atoms with E-state index in [2.05, 4.69) is 20.9 Å². The number of halogens is 1. The first-order chi connectivity index (χ1) is 16.4. The number of carbonyl (C=O) groups excluding carboxylic acids is 3. The summed E-state index contributed by atoms with van der Waals surface area (Å²) in [6.07, 6.45) is 2.59. The number of rotatable bonds is 11. The zero-order valence-electron chi connectivity index (χ0n) is 19.4. The van der Waals surface area contributed by atoms with E-state index in [-0.39, 0.29) is 17.7 Å². The van der Waals surface area contributed by atoms with Crippen molar-refractivity contribution in [1.82, 2.24) is 20.9 Å². The molecule has 0 bridgehead atoms. The van der Waals surface area contributed by atoms with Crippen LogP contribution in [0, 0.1) is 5.92 Å². The van der Waals surface area contributed by atoms with Gasteiger partial charge in [0, 0.05) is 30.1 Å². The number of fused-ring (bicyclic) bond motifs is 1. The highest BCUT2D eigenvalue weighted by Crippen LogP contribution is 2.19. The van der Waals surface area contributed by atoms with Crippen LogP contribution in [-0.4, -0.2) is 40.7 Å². The van der Waals surface area contributed by atoms with Gasteiger partial charge >= 0.3 is 0 Å². The minimum atomic E-state index is -0.821. The molecule has 0 aliphatic heterocycles. The molecule has 0 spiro atoms.